The van der Waals surface area contributed by atoms with Crippen molar-refractivity contribution < 1.29 is 89.6 Å². The molecule has 0 aliphatic heterocycles. The predicted octanol–water partition coefficient (Wildman–Crippen LogP) is -0.299. The summed E-state index contributed by atoms with van der Waals surface area (Å²) in [6.45, 7) is 1.75. The molecule has 0 saturated carbocycles. The normalized spacial score (nSPS) is 11.5. The topological polar surface area (TPSA) is 96.5 Å². The predicted molar refractivity (Wildman–Crippen MR) is 112 cm³/mol. The van der Waals surface area contributed by atoms with E-state index in [0.29, 0.717) is 23.2 Å². The minimum atomic E-state index is -5.60. The summed E-state index contributed by atoms with van der Waals surface area (Å²) in [4.78, 5) is 21.9. The van der Waals surface area contributed by atoms with E-state index in [1.54, 1.807) is 18.7 Å². The number of hydrogen-bond donors (Lipinski definition) is 2. The molecular formula is C18H18BrF2N2Na2O4PS. The van der Waals surface area contributed by atoms with Crippen LogP contribution in [-0.2, 0) is 21.7 Å². The zero-order valence-electron chi connectivity index (χ0n) is 19.1. The summed E-state index contributed by atoms with van der Waals surface area (Å²) in [6.07, 6.45) is 0. The molecule has 0 amide bonds. The average molecular weight is 553 g/mol. The van der Waals surface area contributed by atoms with Crippen LogP contribution in [0.25, 0.3) is 11.5 Å². The first kappa shape index (κ1) is 29.5. The van der Waals surface area contributed by atoms with E-state index < -0.39 is 18.8 Å². The van der Waals surface area contributed by atoms with Crippen molar-refractivity contribution in [2.24, 2.45) is 0 Å². The van der Waals surface area contributed by atoms with Crippen molar-refractivity contribution in [1.29, 1.82) is 0 Å². The second kappa shape index (κ2) is 12.2. The molecule has 0 saturated heterocycles. The van der Waals surface area contributed by atoms with E-state index >= 15 is 0 Å². The monoisotopic (exact) mass is 552 g/mol. The average Bonchev–Trinajstić information content (AvgIpc) is 3.07. The fourth-order valence-corrected chi connectivity index (χ4v) is 4.78. The van der Waals surface area contributed by atoms with Gasteiger partial charge in [0.05, 0.1) is 0 Å². The number of halogens is 3. The van der Waals surface area contributed by atoms with Crippen molar-refractivity contribution in [1.82, 2.24) is 10.1 Å². The summed E-state index contributed by atoms with van der Waals surface area (Å²) >= 11 is 4.57. The fourth-order valence-electron chi connectivity index (χ4n) is 2.49. The Balaban J connectivity index is 0. The van der Waals surface area contributed by atoms with Crippen LogP contribution in [-0.4, -0.2) is 19.9 Å². The first-order chi connectivity index (χ1) is 13.6. The summed E-state index contributed by atoms with van der Waals surface area (Å²) < 4.78 is 43.9. The van der Waals surface area contributed by atoms with Crippen molar-refractivity contribution in [3.63, 3.8) is 0 Å². The van der Waals surface area contributed by atoms with Gasteiger partial charge in [0.15, 0.2) is 5.82 Å². The quantitative estimate of drug-likeness (QED) is 0.307. The molecule has 2 aromatic carbocycles. The van der Waals surface area contributed by atoms with E-state index in [1.165, 1.54) is 12.1 Å². The maximum absolute atomic E-state index is 13.9. The van der Waals surface area contributed by atoms with Gasteiger partial charge in [0.1, 0.15) is 0 Å². The van der Waals surface area contributed by atoms with Crippen LogP contribution in [0, 0.1) is 6.92 Å². The maximum Gasteiger partial charge on any atom is 1.00 e. The Morgan fingerprint density at radius 3 is 2.23 bits per heavy atom. The van der Waals surface area contributed by atoms with E-state index in [1.807, 2.05) is 24.3 Å². The molecule has 0 spiro atoms. The molecule has 3 aromatic rings. The first-order valence-corrected chi connectivity index (χ1v) is 11.8. The molecule has 1 heterocycles. The van der Waals surface area contributed by atoms with Gasteiger partial charge in [0.2, 0.25) is 0 Å². The minimum absolute atomic E-state index is 0. The van der Waals surface area contributed by atoms with Crippen molar-refractivity contribution in [2.75, 3.05) is 0 Å². The van der Waals surface area contributed by atoms with Gasteiger partial charge in [-0.1, -0.05) is 45.4 Å². The van der Waals surface area contributed by atoms with Crippen molar-refractivity contribution in [2.45, 2.75) is 24.1 Å². The Labute approximate surface area is 237 Å². The zero-order chi connectivity index (χ0) is 21.2. The second-order valence-corrected chi connectivity index (χ2v) is 9.73. The molecular weight excluding hydrogens is 535 g/mol. The van der Waals surface area contributed by atoms with Gasteiger partial charge in [-0.15, -0.1) is 0 Å². The Bertz CT molecular complexity index is 1080. The summed E-state index contributed by atoms with van der Waals surface area (Å²) in [5.74, 6) is 2.26. The van der Waals surface area contributed by atoms with E-state index in [2.05, 4.69) is 26.1 Å². The molecule has 0 radical (unpaired) electrons. The number of alkyl halides is 2. The van der Waals surface area contributed by atoms with Crippen LogP contribution < -0.4 is 59.1 Å². The molecule has 0 fully saturated rings. The largest absolute Gasteiger partial charge is 1.00 e. The number of thioether (sulfide) groups is 1. The van der Waals surface area contributed by atoms with Crippen molar-refractivity contribution in [3.05, 3.63) is 69.5 Å². The number of aromatic nitrogens is 2. The van der Waals surface area contributed by atoms with Crippen LogP contribution in [0.4, 0.5) is 8.78 Å². The molecule has 158 valence electrons. The Morgan fingerprint density at radius 1 is 1.13 bits per heavy atom. The van der Waals surface area contributed by atoms with Crippen LogP contribution in [0.15, 0.2) is 51.5 Å². The Hall–Kier alpha value is 0.420. The summed E-state index contributed by atoms with van der Waals surface area (Å²) in [6, 6.07) is 11.6. The third-order valence-corrected chi connectivity index (χ3v) is 6.69. The van der Waals surface area contributed by atoms with Gasteiger partial charge in [-0.3, -0.25) is 4.57 Å². The summed E-state index contributed by atoms with van der Waals surface area (Å²) in [7, 11) is -5.60. The number of hydrogen-bond acceptors (Lipinski definition) is 5. The van der Waals surface area contributed by atoms with Crippen LogP contribution in [0.2, 0.25) is 0 Å². The number of rotatable bonds is 7. The van der Waals surface area contributed by atoms with Crippen LogP contribution >= 0.6 is 35.3 Å². The van der Waals surface area contributed by atoms with Gasteiger partial charge in [-0.25, -0.2) is 0 Å². The minimum Gasteiger partial charge on any atom is -1.00 e. The number of nitrogens with zero attached hydrogens (tertiary/aromatic N) is 2. The van der Waals surface area contributed by atoms with Gasteiger partial charge in [-0.05, 0) is 36.2 Å². The smallest absolute Gasteiger partial charge is 1.00 e. The van der Waals surface area contributed by atoms with Gasteiger partial charge < -0.3 is 17.2 Å². The molecule has 3 rings (SSSR count). The maximum atomic E-state index is 13.9. The Morgan fingerprint density at radius 2 is 1.71 bits per heavy atom. The van der Waals surface area contributed by atoms with E-state index in [-0.39, 0.29) is 66.4 Å². The molecule has 1 aromatic heterocycles. The molecule has 2 N–H and O–H groups in total. The zero-order valence-corrected chi connectivity index (χ0v) is 24.3. The standard InChI is InChI=1S/C18H16BrF2N2O4PS.2Na.2H/c1-11-22-17(27-23-11)14-5-2-12(3-6-14)9-29-10-13-4-7-15(16(19)8-13)18(20,21)28(24,25)26;;;;/h2-8H,9-10H2,1H3,(H2,24,25,26);;;;/q;2*+1;2*-1. The van der Waals surface area contributed by atoms with Gasteiger partial charge in [0, 0.05) is 27.1 Å². The van der Waals surface area contributed by atoms with Crippen molar-refractivity contribution in [3.8, 4) is 11.5 Å². The van der Waals surface area contributed by atoms with Gasteiger partial charge in [0.25, 0.3) is 5.89 Å². The molecule has 13 heteroatoms. The van der Waals surface area contributed by atoms with Crippen LogP contribution in [0.3, 0.4) is 0 Å². The summed E-state index contributed by atoms with van der Waals surface area (Å²) in [5.41, 5.74) is -2.32. The molecule has 0 atom stereocenters. The molecule has 31 heavy (non-hydrogen) atoms. The fraction of sp³-hybridized carbons (Fsp3) is 0.222. The molecule has 0 bridgehead atoms. The summed E-state index contributed by atoms with van der Waals surface area (Å²) in [5, 5.41) is 3.76. The van der Waals surface area contributed by atoms with Crippen molar-refractivity contribution >= 4 is 35.3 Å². The van der Waals surface area contributed by atoms with E-state index in [9.17, 15) is 13.3 Å². The SMILES string of the molecule is Cc1noc(-c2ccc(CSCc3ccc(C(F)(F)P(=O)(O)O)c(Br)c3)cc2)n1.[H-].[H-].[Na+].[Na+]. The van der Waals surface area contributed by atoms with Crippen LogP contribution in [0.1, 0.15) is 25.4 Å². The second-order valence-electron chi connectivity index (χ2n) is 6.24. The van der Waals surface area contributed by atoms with Gasteiger partial charge in [-0.2, -0.15) is 25.5 Å². The molecule has 6 nitrogen and oxygen atoms in total. The van der Waals surface area contributed by atoms with Gasteiger partial charge >= 0.3 is 72.4 Å². The number of aryl methyl sites for hydroxylation is 1. The number of benzene rings is 2. The van der Waals surface area contributed by atoms with E-state index in [0.717, 1.165) is 22.8 Å². The van der Waals surface area contributed by atoms with E-state index in [4.69, 9.17) is 14.3 Å². The first-order valence-electron chi connectivity index (χ1n) is 8.27. The molecule has 0 aliphatic carbocycles. The third-order valence-electron chi connectivity index (χ3n) is 3.99. The third kappa shape index (κ3) is 7.45. The molecule has 0 aliphatic rings. The van der Waals surface area contributed by atoms with Crippen LogP contribution in [0.5, 0.6) is 0 Å². The molecule has 0 unspecified atom stereocenters. The Kier molecular flexibility index (Phi) is 11.6.